The molecular weight excluding hydrogens is 278 g/mol. The molecule has 0 fully saturated rings. The lowest BCUT2D eigenvalue weighted by Crippen LogP contribution is -2.11. The topological polar surface area (TPSA) is 60.2 Å². The summed E-state index contributed by atoms with van der Waals surface area (Å²) in [5.74, 6) is 1.34. The molecule has 6 heteroatoms. The van der Waals surface area contributed by atoms with Gasteiger partial charge in [0.1, 0.15) is 18.7 Å². The average Bonchev–Trinajstić information content (AvgIpc) is 2.85. The second-order valence-corrected chi connectivity index (χ2v) is 5.30. The molecule has 2 rings (SSSR count). The first-order chi connectivity index (χ1) is 9.49. The Morgan fingerprint density at radius 3 is 2.75 bits per heavy atom. The van der Waals surface area contributed by atoms with E-state index in [1.165, 1.54) is 6.33 Å². The van der Waals surface area contributed by atoms with Gasteiger partial charge in [-0.15, -0.1) is 0 Å². The average molecular weight is 296 g/mol. The Kier molecular flexibility index (Phi) is 4.62. The number of ether oxygens (including phenoxy) is 1. The monoisotopic (exact) mass is 295 g/mol. The lowest BCUT2D eigenvalue weighted by atomic mass is 10.1. The number of aliphatic hydroxyl groups excluding tert-OH is 1. The Morgan fingerprint density at radius 1 is 1.35 bits per heavy atom. The molecular formula is C14H18ClN3O2. The van der Waals surface area contributed by atoms with Crippen LogP contribution in [-0.4, -0.2) is 19.9 Å². The maximum atomic E-state index is 9.76. The zero-order valence-corrected chi connectivity index (χ0v) is 12.5. The van der Waals surface area contributed by atoms with Crippen LogP contribution in [0.5, 0.6) is 5.75 Å². The van der Waals surface area contributed by atoms with Gasteiger partial charge in [-0.1, -0.05) is 11.6 Å². The van der Waals surface area contributed by atoms with E-state index in [0.717, 1.165) is 5.82 Å². The summed E-state index contributed by atoms with van der Waals surface area (Å²) >= 11 is 5.93. The van der Waals surface area contributed by atoms with E-state index in [2.05, 4.69) is 10.1 Å². The zero-order valence-electron chi connectivity index (χ0n) is 11.7. The van der Waals surface area contributed by atoms with E-state index in [4.69, 9.17) is 16.3 Å². The van der Waals surface area contributed by atoms with Crippen molar-refractivity contribution in [2.75, 3.05) is 0 Å². The second-order valence-electron chi connectivity index (χ2n) is 4.86. The van der Waals surface area contributed by atoms with Gasteiger partial charge < -0.3 is 9.84 Å². The predicted octanol–water partition coefficient (Wildman–Crippen LogP) is 3.14. The predicted molar refractivity (Wildman–Crippen MR) is 76.8 cm³/mol. The van der Waals surface area contributed by atoms with Crippen molar-refractivity contribution in [3.8, 4) is 5.75 Å². The maximum absolute atomic E-state index is 9.76. The molecule has 0 unspecified atom stereocenters. The van der Waals surface area contributed by atoms with Crippen molar-refractivity contribution in [3.05, 3.63) is 40.9 Å². The number of rotatable bonds is 5. The highest BCUT2D eigenvalue weighted by atomic mass is 35.5. The Bertz CT molecular complexity index is 582. The lowest BCUT2D eigenvalue weighted by Gasteiger charge is -2.14. The maximum Gasteiger partial charge on any atom is 0.165 e. The van der Waals surface area contributed by atoms with Gasteiger partial charge in [-0.25, -0.2) is 9.67 Å². The number of hydrogen-bond donors (Lipinski definition) is 1. The van der Waals surface area contributed by atoms with Crippen LogP contribution in [0.1, 0.15) is 44.3 Å². The zero-order chi connectivity index (χ0) is 14.7. The van der Waals surface area contributed by atoms with Crippen LogP contribution in [0, 0.1) is 0 Å². The molecule has 0 aliphatic rings. The molecule has 2 aromatic rings. The summed E-state index contributed by atoms with van der Waals surface area (Å²) in [6.07, 6.45) is 0.863. The summed E-state index contributed by atoms with van der Waals surface area (Å²) in [4.78, 5) is 4.18. The van der Waals surface area contributed by atoms with Crippen LogP contribution in [0.25, 0.3) is 0 Å². The van der Waals surface area contributed by atoms with E-state index in [1.807, 2.05) is 13.8 Å². The Morgan fingerprint density at radius 2 is 2.10 bits per heavy atom. The van der Waals surface area contributed by atoms with Gasteiger partial charge in [0.2, 0.25) is 0 Å². The van der Waals surface area contributed by atoms with Gasteiger partial charge in [-0.3, -0.25) is 0 Å². The van der Waals surface area contributed by atoms with Gasteiger partial charge in [0.25, 0.3) is 0 Å². The molecule has 1 atom stereocenters. The third-order valence-electron chi connectivity index (χ3n) is 2.92. The number of halogens is 1. The molecule has 20 heavy (non-hydrogen) atoms. The van der Waals surface area contributed by atoms with Gasteiger partial charge in [0.15, 0.2) is 5.82 Å². The van der Waals surface area contributed by atoms with Crippen LogP contribution in [-0.2, 0) is 6.61 Å². The molecule has 0 aliphatic carbocycles. The number of aliphatic hydroxyl groups is 1. The van der Waals surface area contributed by atoms with Crippen LogP contribution < -0.4 is 4.74 Å². The molecule has 108 valence electrons. The number of aromatic nitrogens is 3. The summed E-state index contributed by atoms with van der Waals surface area (Å²) in [6.45, 7) is 6.03. The molecule has 0 bridgehead atoms. The standard InChI is InChI=1S/C14H18ClN3O2/c1-9(2)18-14(16-8-17-18)7-20-13-5-4-11(15)6-12(13)10(3)19/h4-6,8-10,19H,7H2,1-3H3/t10-/m1/s1. The quantitative estimate of drug-likeness (QED) is 0.920. The van der Waals surface area contributed by atoms with Gasteiger partial charge in [0.05, 0.1) is 6.10 Å². The lowest BCUT2D eigenvalue weighted by molar-refractivity contribution is 0.189. The molecule has 1 N–H and O–H groups in total. The van der Waals surface area contributed by atoms with Crippen LogP contribution in [0.2, 0.25) is 5.02 Å². The molecule has 0 aliphatic heterocycles. The fraction of sp³-hybridized carbons (Fsp3) is 0.429. The minimum atomic E-state index is -0.647. The summed E-state index contributed by atoms with van der Waals surface area (Å²) in [7, 11) is 0. The molecule has 0 radical (unpaired) electrons. The van der Waals surface area contributed by atoms with E-state index < -0.39 is 6.10 Å². The summed E-state index contributed by atoms with van der Waals surface area (Å²) < 4.78 is 7.55. The van der Waals surface area contributed by atoms with Crippen LogP contribution in [0.15, 0.2) is 24.5 Å². The Balaban J connectivity index is 2.17. The summed E-state index contributed by atoms with van der Waals surface area (Å²) in [6, 6.07) is 5.41. The SMILES string of the molecule is CC(C)n1ncnc1COc1ccc(Cl)cc1[C@@H](C)O. The van der Waals surface area contributed by atoms with Crippen molar-refractivity contribution in [1.29, 1.82) is 0 Å². The van der Waals surface area contributed by atoms with E-state index in [1.54, 1.807) is 29.8 Å². The third-order valence-corrected chi connectivity index (χ3v) is 3.15. The van der Waals surface area contributed by atoms with Crippen LogP contribution >= 0.6 is 11.6 Å². The van der Waals surface area contributed by atoms with Gasteiger partial charge in [0, 0.05) is 16.6 Å². The normalized spacial score (nSPS) is 12.7. The number of hydrogen-bond acceptors (Lipinski definition) is 4. The molecule has 1 aromatic carbocycles. The Labute approximate surface area is 123 Å². The van der Waals surface area contributed by atoms with Gasteiger partial charge in [-0.2, -0.15) is 5.10 Å². The Hall–Kier alpha value is -1.59. The number of benzene rings is 1. The van der Waals surface area contributed by atoms with Crippen LogP contribution in [0.4, 0.5) is 0 Å². The molecule has 1 aromatic heterocycles. The highest BCUT2D eigenvalue weighted by molar-refractivity contribution is 6.30. The van der Waals surface area contributed by atoms with Crippen molar-refractivity contribution in [1.82, 2.24) is 14.8 Å². The van der Waals surface area contributed by atoms with Crippen molar-refractivity contribution < 1.29 is 9.84 Å². The largest absolute Gasteiger partial charge is 0.485 e. The molecule has 0 amide bonds. The van der Waals surface area contributed by atoms with E-state index in [0.29, 0.717) is 22.9 Å². The first-order valence-corrected chi connectivity index (χ1v) is 6.85. The minimum absolute atomic E-state index is 0.220. The molecule has 5 nitrogen and oxygen atoms in total. The molecule has 0 saturated heterocycles. The van der Waals surface area contributed by atoms with Crippen LogP contribution in [0.3, 0.4) is 0 Å². The first kappa shape index (κ1) is 14.8. The fourth-order valence-electron chi connectivity index (χ4n) is 1.93. The molecule has 0 spiro atoms. The van der Waals surface area contributed by atoms with Crippen molar-refractivity contribution in [3.63, 3.8) is 0 Å². The molecule has 1 heterocycles. The van der Waals surface area contributed by atoms with Gasteiger partial charge in [-0.05, 0) is 39.0 Å². The summed E-state index contributed by atoms with van der Waals surface area (Å²) in [5, 5.41) is 14.5. The summed E-state index contributed by atoms with van der Waals surface area (Å²) in [5.41, 5.74) is 0.660. The number of nitrogens with zero attached hydrogens (tertiary/aromatic N) is 3. The highest BCUT2D eigenvalue weighted by Crippen LogP contribution is 2.28. The van der Waals surface area contributed by atoms with Crippen molar-refractivity contribution >= 4 is 11.6 Å². The fourth-order valence-corrected chi connectivity index (χ4v) is 2.11. The van der Waals surface area contributed by atoms with Gasteiger partial charge >= 0.3 is 0 Å². The first-order valence-electron chi connectivity index (χ1n) is 6.47. The van der Waals surface area contributed by atoms with Crippen molar-refractivity contribution in [2.24, 2.45) is 0 Å². The van der Waals surface area contributed by atoms with Crippen molar-refractivity contribution in [2.45, 2.75) is 39.5 Å². The smallest absolute Gasteiger partial charge is 0.165 e. The third kappa shape index (κ3) is 3.29. The minimum Gasteiger partial charge on any atom is -0.485 e. The molecule has 0 saturated carbocycles. The van der Waals surface area contributed by atoms with E-state index in [9.17, 15) is 5.11 Å². The van der Waals surface area contributed by atoms with E-state index in [-0.39, 0.29) is 6.04 Å². The second kappa shape index (κ2) is 6.24. The van der Waals surface area contributed by atoms with E-state index >= 15 is 0 Å². The highest BCUT2D eigenvalue weighted by Gasteiger charge is 2.13.